The van der Waals surface area contributed by atoms with Crippen LogP contribution in [0.1, 0.15) is 29.3 Å². The maximum absolute atomic E-state index is 14.3. The molecule has 1 aromatic rings. The molecule has 0 aliphatic carbocycles. The monoisotopic (exact) mass is 332 g/mol. The molecule has 1 unspecified atom stereocenters. The number of benzene rings is 1. The summed E-state index contributed by atoms with van der Waals surface area (Å²) in [6.45, 7) is 3.07. The number of ether oxygens (including phenoxy) is 3. The summed E-state index contributed by atoms with van der Waals surface area (Å²) in [6, 6.07) is 1.35. The van der Waals surface area contributed by atoms with Crippen molar-refractivity contribution in [2.75, 3.05) is 21.0 Å². The fourth-order valence-electron chi connectivity index (χ4n) is 1.90. The van der Waals surface area contributed by atoms with Gasteiger partial charge in [0.15, 0.2) is 18.4 Å². The van der Waals surface area contributed by atoms with Crippen LogP contribution in [0.3, 0.4) is 0 Å². The smallest absolute Gasteiger partial charge is 0.306 e. The summed E-state index contributed by atoms with van der Waals surface area (Å²) in [7, 11) is 2.65. The van der Waals surface area contributed by atoms with Gasteiger partial charge in [0.2, 0.25) is 0 Å². The quantitative estimate of drug-likeness (QED) is 0.436. The van der Waals surface area contributed by atoms with Crippen molar-refractivity contribution in [3.05, 3.63) is 28.0 Å². The van der Waals surface area contributed by atoms with E-state index >= 15 is 0 Å². The van der Waals surface area contributed by atoms with Gasteiger partial charge in [-0.15, -0.1) is 0 Å². The summed E-state index contributed by atoms with van der Waals surface area (Å²) in [4.78, 5) is 23.5. The number of halogens is 2. The summed E-state index contributed by atoms with van der Waals surface area (Å²) in [6.07, 6.45) is -0.132. The van der Waals surface area contributed by atoms with E-state index in [1.54, 1.807) is 6.92 Å². The standard InChI is InChI=1S/C15H18ClFO5/c1-8(6-11(18)21-4)14(19)10-5-9(2)15(22-7-20-3)12(16)13(10)17/h5,8H,6-7H2,1-4H3. The number of carbonyl (C=O) groups is 2. The molecule has 0 bridgehead atoms. The predicted molar refractivity (Wildman–Crippen MR) is 78.8 cm³/mol. The zero-order valence-corrected chi connectivity index (χ0v) is 13.6. The number of methoxy groups -OCH3 is 2. The van der Waals surface area contributed by atoms with Crippen LogP contribution in [0.4, 0.5) is 4.39 Å². The lowest BCUT2D eigenvalue weighted by atomic mass is 9.94. The molecular weight excluding hydrogens is 315 g/mol. The van der Waals surface area contributed by atoms with Gasteiger partial charge in [0.05, 0.1) is 19.1 Å². The van der Waals surface area contributed by atoms with Crippen LogP contribution in [0.25, 0.3) is 0 Å². The van der Waals surface area contributed by atoms with Crippen LogP contribution < -0.4 is 4.74 Å². The number of rotatable bonds is 7. The Morgan fingerprint density at radius 2 is 2.00 bits per heavy atom. The van der Waals surface area contributed by atoms with Gasteiger partial charge in [-0.1, -0.05) is 18.5 Å². The second-order valence-corrected chi connectivity index (χ2v) is 5.17. The van der Waals surface area contributed by atoms with Crippen LogP contribution in [0.2, 0.25) is 5.02 Å². The highest BCUT2D eigenvalue weighted by Gasteiger charge is 2.25. The third-order valence-corrected chi connectivity index (χ3v) is 3.42. The van der Waals surface area contributed by atoms with Crippen LogP contribution in [-0.4, -0.2) is 32.8 Å². The Labute approximate surface area is 133 Å². The van der Waals surface area contributed by atoms with Crippen molar-refractivity contribution in [1.29, 1.82) is 0 Å². The number of aryl methyl sites for hydroxylation is 1. The molecule has 1 rings (SSSR count). The molecular formula is C15H18ClFO5. The lowest BCUT2D eigenvalue weighted by molar-refractivity contribution is -0.141. The van der Waals surface area contributed by atoms with Gasteiger partial charge in [-0.05, 0) is 18.6 Å². The molecule has 5 nitrogen and oxygen atoms in total. The molecule has 0 aliphatic heterocycles. The van der Waals surface area contributed by atoms with E-state index in [9.17, 15) is 14.0 Å². The second-order valence-electron chi connectivity index (χ2n) is 4.79. The third kappa shape index (κ3) is 4.18. The highest BCUT2D eigenvalue weighted by Crippen LogP contribution is 2.34. The van der Waals surface area contributed by atoms with Crippen molar-refractivity contribution in [3.63, 3.8) is 0 Å². The third-order valence-electron chi connectivity index (χ3n) is 3.08. The van der Waals surface area contributed by atoms with E-state index in [1.165, 1.54) is 27.2 Å². The highest BCUT2D eigenvalue weighted by atomic mass is 35.5. The van der Waals surface area contributed by atoms with Gasteiger partial charge in [-0.2, -0.15) is 0 Å². The summed E-state index contributed by atoms with van der Waals surface area (Å²) >= 11 is 5.92. The van der Waals surface area contributed by atoms with E-state index < -0.39 is 23.5 Å². The average Bonchev–Trinajstić information content (AvgIpc) is 2.49. The molecule has 0 saturated heterocycles. The van der Waals surface area contributed by atoms with Crippen molar-refractivity contribution in [3.8, 4) is 5.75 Å². The average molecular weight is 333 g/mol. The number of hydrogen-bond acceptors (Lipinski definition) is 5. The summed E-state index contributed by atoms with van der Waals surface area (Å²) in [5.41, 5.74) is 0.320. The number of hydrogen-bond donors (Lipinski definition) is 0. The Morgan fingerprint density at radius 1 is 1.36 bits per heavy atom. The van der Waals surface area contributed by atoms with Crippen LogP contribution in [0, 0.1) is 18.7 Å². The summed E-state index contributed by atoms with van der Waals surface area (Å²) in [5.74, 6) is -2.53. The molecule has 7 heteroatoms. The van der Waals surface area contributed by atoms with Crippen molar-refractivity contribution < 1.29 is 28.2 Å². The van der Waals surface area contributed by atoms with Crippen molar-refractivity contribution in [1.82, 2.24) is 0 Å². The number of esters is 1. The summed E-state index contributed by atoms with van der Waals surface area (Å²) < 4.78 is 28.8. The first-order valence-electron chi connectivity index (χ1n) is 6.54. The molecule has 0 aliphatic rings. The molecule has 0 aromatic heterocycles. The minimum absolute atomic E-state index is 0.0912. The molecule has 0 N–H and O–H groups in total. The predicted octanol–water partition coefficient (Wildman–Crippen LogP) is 3.15. The first-order valence-corrected chi connectivity index (χ1v) is 6.92. The SMILES string of the molecule is COCOc1c(C)cc(C(=O)C(C)CC(=O)OC)c(F)c1Cl. The van der Waals surface area contributed by atoms with Crippen LogP contribution >= 0.6 is 11.6 Å². The Hall–Kier alpha value is -1.66. The number of carbonyl (C=O) groups excluding carboxylic acids is 2. The van der Waals surface area contributed by atoms with Gasteiger partial charge in [0, 0.05) is 13.0 Å². The van der Waals surface area contributed by atoms with Gasteiger partial charge in [0.1, 0.15) is 10.8 Å². The molecule has 22 heavy (non-hydrogen) atoms. The molecule has 0 saturated carbocycles. The van der Waals surface area contributed by atoms with Crippen LogP contribution in [0.15, 0.2) is 6.07 Å². The first kappa shape index (κ1) is 18.4. The van der Waals surface area contributed by atoms with Crippen molar-refractivity contribution in [2.45, 2.75) is 20.3 Å². The maximum atomic E-state index is 14.3. The normalized spacial score (nSPS) is 11.9. The zero-order chi connectivity index (χ0) is 16.9. The van der Waals surface area contributed by atoms with Gasteiger partial charge < -0.3 is 14.2 Å². The van der Waals surface area contributed by atoms with Gasteiger partial charge in [-0.3, -0.25) is 9.59 Å². The first-order chi connectivity index (χ1) is 10.3. The topological polar surface area (TPSA) is 61.8 Å². The van der Waals surface area contributed by atoms with Crippen molar-refractivity contribution in [2.24, 2.45) is 5.92 Å². The molecule has 122 valence electrons. The molecule has 0 fully saturated rings. The fraction of sp³-hybridized carbons (Fsp3) is 0.467. The van der Waals surface area contributed by atoms with Gasteiger partial charge in [-0.25, -0.2) is 4.39 Å². The van der Waals surface area contributed by atoms with Crippen LogP contribution in [0.5, 0.6) is 5.75 Å². The largest absolute Gasteiger partial charge is 0.469 e. The number of Topliss-reactive ketones (excluding diaryl/α,β-unsaturated/α-hetero) is 1. The molecule has 1 atom stereocenters. The fourth-order valence-corrected chi connectivity index (χ4v) is 2.21. The molecule has 0 radical (unpaired) electrons. The molecule has 0 spiro atoms. The Morgan fingerprint density at radius 3 is 2.55 bits per heavy atom. The second kappa shape index (κ2) is 8.10. The van der Waals surface area contributed by atoms with E-state index in [0.717, 1.165) is 0 Å². The minimum Gasteiger partial charge on any atom is -0.469 e. The molecule has 0 amide bonds. The highest BCUT2D eigenvalue weighted by molar-refractivity contribution is 6.32. The lowest BCUT2D eigenvalue weighted by Gasteiger charge is -2.15. The van der Waals surface area contributed by atoms with E-state index in [2.05, 4.69) is 4.74 Å². The molecule has 0 heterocycles. The summed E-state index contributed by atoms with van der Waals surface area (Å²) in [5, 5.41) is -0.286. The number of ketones is 1. The van der Waals surface area contributed by atoms with E-state index in [0.29, 0.717) is 5.56 Å². The Bertz CT molecular complexity index is 574. The van der Waals surface area contributed by atoms with Gasteiger partial charge >= 0.3 is 5.97 Å². The van der Waals surface area contributed by atoms with Crippen LogP contribution in [-0.2, 0) is 14.3 Å². The molecule has 1 aromatic carbocycles. The Kier molecular flexibility index (Phi) is 6.77. The Balaban J connectivity index is 3.10. The van der Waals surface area contributed by atoms with E-state index in [4.69, 9.17) is 21.1 Å². The van der Waals surface area contributed by atoms with E-state index in [-0.39, 0.29) is 29.5 Å². The lowest BCUT2D eigenvalue weighted by Crippen LogP contribution is -2.18. The maximum Gasteiger partial charge on any atom is 0.306 e. The van der Waals surface area contributed by atoms with Gasteiger partial charge in [0.25, 0.3) is 0 Å². The van der Waals surface area contributed by atoms with Crippen molar-refractivity contribution >= 4 is 23.4 Å². The zero-order valence-electron chi connectivity index (χ0n) is 12.9. The minimum atomic E-state index is -0.875. The van der Waals surface area contributed by atoms with E-state index in [1.807, 2.05) is 0 Å².